The number of benzene rings is 1. The molecule has 0 heterocycles. The molecule has 0 amide bonds. The zero-order valence-corrected chi connectivity index (χ0v) is 12.1. The summed E-state index contributed by atoms with van der Waals surface area (Å²) in [6, 6.07) is 6.22. The van der Waals surface area contributed by atoms with Gasteiger partial charge in [-0.05, 0) is 41.9 Å². The van der Waals surface area contributed by atoms with Crippen LogP contribution in [0, 0.1) is 0 Å². The SMILES string of the molecule is CCc1ccc(CO)c(C(CC)CCC(=O)OC)c1. The zero-order valence-electron chi connectivity index (χ0n) is 12.1. The average Bonchev–Trinajstić information content (AvgIpc) is 2.47. The second-order valence-electron chi connectivity index (χ2n) is 4.76. The number of carbonyl (C=O) groups is 1. The number of esters is 1. The number of methoxy groups -OCH3 is 1. The summed E-state index contributed by atoms with van der Waals surface area (Å²) in [6.07, 6.45) is 3.13. The van der Waals surface area contributed by atoms with Crippen LogP contribution in [0.25, 0.3) is 0 Å². The number of rotatable bonds is 7. The summed E-state index contributed by atoms with van der Waals surface area (Å²) in [4.78, 5) is 11.3. The van der Waals surface area contributed by atoms with E-state index in [1.54, 1.807) is 0 Å². The van der Waals surface area contributed by atoms with E-state index in [0.29, 0.717) is 12.3 Å². The minimum atomic E-state index is -0.171. The Morgan fingerprint density at radius 3 is 2.63 bits per heavy atom. The molecule has 19 heavy (non-hydrogen) atoms. The van der Waals surface area contributed by atoms with Gasteiger partial charge in [-0.15, -0.1) is 0 Å². The fourth-order valence-corrected chi connectivity index (χ4v) is 2.36. The van der Waals surface area contributed by atoms with Gasteiger partial charge < -0.3 is 9.84 Å². The van der Waals surface area contributed by atoms with Crippen molar-refractivity contribution in [1.29, 1.82) is 0 Å². The standard InChI is InChI=1S/C16H24O3/c1-4-12-6-7-14(11-17)15(10-12)13(5-2)8-9-16(18)19-3/h6-7,10,13,17H,4-5,8-9,11H2,1-3H3. The van der Waals surface area contributed by atoms with Crippen LogP contribution in [0.15, 0.2) is 18.2 Å². The number of aliphatic hydroxyl groups is 1. The van der Waals surface area contributed by atoms with Crippen LogP contribution in [0.2, 0.25) is 0 Å². The molecule has 0 spiro atoms. The summed E-state index contributed by atoms with van der Waals surface area (Å²) in [5.41, 5.74) is 3.41. The Morgan fingerprint density at radius 2 is 2.11 bits per heavy atom. The van der Waals surface area contributed by atoms with Crippen molar-refractivity contribution in [3.63, 3.8) is 0 Å². The monoisotopic (exact) mass is 264 g/mol. The van der Waals surface area contributed by atoms with Crippen molar-refractivity contribution in [3.05, 3.63) is 34.9 Å². The van der Waals surface area contributed by atoms with Crippen molar-refractivity contribution in [2.45, 2.75) is 52.1 Å². The van der Waals surface area contributed by atoms with Crippen LogP contribution in [0.5, 0.6) is 0 Å². The molecule has 1 unspecified atom stereocenters. The molecule has 0 aliphatic carbocycles. The van der Waals surface area contributed by atoms with Crippen molar-refractivity contribution in [2.24, 2.45) is 0 Å². The Labute approximate surface area is 115 Å². The molecular weight excluding hydrogens is 240 g/mol. The molecule has 0 saturated heterocycles. The van der Waals surface area contributed by atoms with Crippen molar-refractivity contribution in [2.75, 3.05) is 7.11 Å². The molecule has 0 bridgehead atoms. The van der Waals surface area contributed by atoms with Gasteiger partial charge in [-0.1, -0.05) is 32.0 Å². The smallest absolute Gasteiger partial charge is 0.305 e. The lowest BCUT2D eigenvalue weighted by atomic mass is 9.87. The van der Waals surface area contributed by atoms with Crippen LogP contribution in [-0.2, 0) is 22.6 Å². The van der Waals surface area contributed by atoms with Gasteiger partial charge in [-0.2, -0.15) is 0 Å². The number of carbonyl (C=O) groups excluding carboxylic acids is 1. The van der Waals surface area contributed by atoms with E-state index in [-0.39, 0.29) is 12.6 Å². The third-order valence-corrected chi connectivity index (χ3v) is 3.65. The summed E-state index contributed by atoms with van der Waals surface area (Å²) >= 11 is 0. The molecule has 0 radical (unpaired) electrons. The van der Waals surface area contributed by atoms with E-state index in [4.69, 9.17) is 4.74 Å². The molecule has 0 aliphatic heterocycles. The third kappa shape index (κ3) is 4.35. The van der Waals surface area contributed by atoms with Gasteiger partial charge in [0.2, 0.25) is 0 Å². The topological polar surface area (TPSA) is 46.5 Å². The molecule has 0 fully saturated rings. The lowest BCUT2D eigenvalue weighted by molar-refractivity contribution is -0.140. The van der Waals surface area contributed by atoms with Gasteiger partial charge in [0.25, 0.3) is 0 Å². The Bertz CT molecular complexity index is 412. The first-order valence-corrected chi connectivity index (χ1v) is 6.95. The molecule has 1 rings (SSSR count). The predicted octanol–water partition coefficient (Wildman–Crippen LogP) is 3.19. The van der Waals surface area contributed by atoms with E-state index in [1.807, 2.05) is 6.07 Å². The van der Waals surface area contributed by atoms with Crippen LogP contribution in [0.1, 0.15) is 55.7 Å². The maximum atomic E-state index is 11.3. The zero-order chi connectivity index (χ0) is 14.3. The highest BCUT2D eigenvalue weighted by Crippen LogP contribution is 2.29. The van der Waals surface area contributed by atoms with E-state index < -0.39 is 0 Å². The second-order valence-corrected chi connectivity index (χ2v) is 4.76. The highest BCUT2D eigenvalue weighted by Gasteiger charge is 2.15. The quantitative estimate of drug-likeness (QED) is 0.769. The average molecular weight is 264 g/mol. The Hall–Kier alpha value is -1.35. The van der Waals surface area contributed by atoms with Gasteiger partial charge in [0.1, 0.15) is 0 Å². The Kier molecular flexibility index (Phi) is 6.57. The number of ether oxygens (including phenoxy) is 1. The molecule has 1 aromatic rings. The summed E-state index contributed by atoms with van der Waals surface area (Å²) in [5.74, 6) is 0.128. The maximum absolute atomic E-state index is 11.3. The lowest BCUT2D eigenvalue weighted by Gasteiger charge is -2.19. The highest BCUT2D eigenvalue weighted by molar-refractivity contribution is 5.69. The largest absolute Gasteiger partial charge is 0.469 e. The summed E-state index contributed by atoms with van der Waals surface area (Å²) < 4.78 is 4.69. The summed E-state index contributed by atoms with van der Waals surface area (Å²) in [5, 5.41) is 9.46. The molecule has 106 valence electrons. The second kappa shape index (κ2) is 7.95. The summed E-state index contributed by atoms with van der Waals surface area (Å²) in [6.45, 7) is 4.28. The van der Waals surface area contributed by atoms with Gasteiger partial charge in [0.15, 0.2) is 0 Å². The molecule has 3 heteroatoms. The van der Waals surface area contributed by atoms with Crippen molar-refractivity contribution in [3.8, 4) is 0 Å². The third-order valence-electron chi connectivity index (χ3n) is 3.65. The van der Waals surface area contributed by atoms with E-state index in [9.17, 15) is 9.90 Å². The summed E-state index contributed by atoms with van der Waals surface area (Å²) in [7, 11) is 1.42. The van der Waals surface area contributed by atoms with Gasteiger partial charge in [0.05, 0.1) is 13.7 Å². The van der Waals surface area contributed by atoms with E-state index in [1.165, 1.54) is 18.2 Å². The Balaban J connectivity index is 2.92. The van der Waals surface area contributed by atoms with Crippen LogP contribution >= 0.6 is 0 Å². The van der Waals surface area contributed by atoms with E-state index in [2.05, 4.69) is 26.0 Å². The first-order valence-electron chi connectivity index (χ1n) is 6.95. The number of aryl methyl sites for hydroxylation is 1. The fraction of sp³-hybridized carbons (Fsp3) is 0.562. The molecule has 1 aromatic carbocycles. The van der Waals surface area contributed by atoms with E-state index in [0.717, 1.165) is 24.8 Å². The molecule has 0 aliphatic rings. The molecule has 1 N–H and O–H groups in total. The van der Waals surface area contributed by atoms with Gasteiger partial charge in [-0.25, -0.2) is 0 Å². The van der Waals surface area contributed by atoms with Crippen LogP contribution in [0.4, 0.5) is 0 Å². The van der Waals surface area contributed by atoms with Crippen molar-refractivity contribution >= 4 is 5.97 Å². The number of hydrogen-bond donors (Lipinski definition) is 1. The van der Waals surface area contributed by atoms with Gasteiger partial charge in [0, 0.05) is 6.42 Å². The maximum Gasteiger partial charge on any atom is 0.305 e. The highest BCUT2D eigenvalue weighted by atomic mass is 16.5. The predicted molar refractivity (Wildman–Crippen MR) is 76.0 cm³/mol. The van der Waals surface area contributed by atoms with Crippen molar-refractivity contribution in [1.82, 2.24) is 0 Å². The van der Waals surface area contributed by atoms with Gasteiger partial charge >= 0.3 is 5.97 Å². The molecule has 0 aromatic heterocycles. The molecular formula is C16H24O3. The minimum Gasteiger partial charge on any atom is -0.469 e. The van der Waals surface area contributed by atoms with Crippen LogP contribution in [-0.4, -0.2) is 18.2 Å². The number of hydrogen-bond acceptors (Lipinski definition) is 3. The first kappa shape index (κ1) is 15.7. The van der Waals surface area contributed by atoms with Gasteiger partial charge in [-0.3, -0.25) is 4.79 Å². The minimum absolute atomic E-state index is 0.0497. The Morgan fingerprint density at radius 1 is 1.37 bits per heavy atom. The van der Waals surface area contributed by atoms with E-state index >= 15 is 0 Å². The molecule has 1 atom stereocenters. The molecule has 0 saturated carbocycles. The fourth-order valence-electron chi connectivity index (χ4n) is 2.36. The number of aliphatic hydroxyl groups excluding tert-OH is 1. The van der Waals surface area contributed by atoms with Crippen LogP contribution in [0.3, 0.4) is 0 Å². The van der Waals surface area contributed by atoms with Crippen molar-refractivity contribution < 1.29 is 14.6 Å². The first-order chi connectivity index (χ1) is 9.15. The normalized spacial score (nSPS) is 12.2. The van der Waals surface area contributed by atoms with Crippen LogP contribution < -0.4 is 0 Å². The molecule has 3 nitrogen and oxygen atoms in total. The lowest BCUT2D eigenvalue weighted by Crippen LogP contribution is -2.07.